The van der Waals surface area contributed by atoms with Crippen molar-refractivity contribution in [2.45, 2.75) is 10.6 Å². The summed E-state index contributed by atoms with van der Waals surface area (Å²) in [5.41, 5.74) is 7.06. The van der Waals surface area contributed by atoms with Gasteiger partial charge < -0.3 is 5.73 Å². The van der Waals surface area contributed by atoms with E-state index < -0.39 is 32.0 Å². The van der Waals surface area contributed by atoms with E-state index in [1.165, 1.54) is 0 Å². The van der Waals surface area contributed by atoms with Crippen LogP contribution in [0.4, 0.5) is 11.4 Å². The Hall–Kier alpha value is -3.78. The van der Waals surface area contributed by atoms with Crippen molar-refractivity contribution >= 4 is 32.8 Å². The Bertz CT molecular complexity index is 1060. The highest BCUT2D eigenvalue weighted by molar-refractivity contribution is 7.90. The van der Waals surface area contributed by atoms with Crippen LogP contribution in [0, 0.1) is 26.9 Å². The quantitative estimate of drug-likeness (QED) is 0.281. The minimum absolute atomic E-state index is 0.0372. The van der Waals surface area contributed by atoms with Gasteiger partial charge in [-0.3, -0.25) is 20.9 Å². The van der Waals surface area contributed by atoms with Gasteiger partial charge in [-0.15, -0.1) is 0 Å². The van der Waals surface area contributed by atoms with Crippen LogP contribution in [-0.4, -0.2) is 24.9 Å². The highest BCUT2D eigenvalue weighted by Gasteiger charge is 2.20. The van der Waals surface area contributed by atoms with Crippen LogP contribution in [0.15, 0.2) is 58.5 Å². The van der Waals surface area contributed by atoms with E-state index in [4.69, 9.17) is 16.4 Å². The van der Waals surface area contributed by atoms with Gasteiger partial charge >= 0.3 is 0 Å². The summed E-state index contributed by atoms with van der Waals surface area (Å²) >= 11 is 0. The van der Waals surface area contributed by atoms with Gasteiger partial charge in [0.25, 0.3) is 5.69 Å². The van der Waals surface area contributed by atoms with Gasteiger partial charge in [0.15, 0.2) is 15.7 Å². The third kappa shape index (κ3) is 5.10. The average molecular weight is 386 g/mol. The molecule has 2 rings (SSSR count). The number of nitrogens with zero attached hydrogens (tertiary/aromatic N) is 3. The lowest BCUT2D eigenvalue weighted by atomic mass is 10.2. The normalized spacial score (nSPS) is 11.4. The maximum atomic E-state index is 12.6. The number of hydrogen-bond donors (Lipinski definition) is 3. The molecule has 0 aliphatic carbocycles. The highest BCUT2D eigenvalue weighted by atomic mass is 32.2. The van der Waals surface area contributed by atoms with Crippen LogP contribution in [0.5, 0.6) is 0 Å². The molecular formula is C16H14N6O4S. The molecule has 0 saturated carbocycles. The number of rotatable bonds is 7. The zero-order valence-corrected chi connectivity index (χ0v) is 14.6. The molecular weight excluding hydrogens is 372 g/mol. The van der Waals surface area contributed by atoms with Gasteiger partial charge in [0.2, 0.25) is 5.71 Å². The molecule has 0 bridgehead atoms. The van der Waals surface area contributed by atoms with E-state index in [2.05, 4.69) is 10.5 Å². The Balaban J connectivity index is 2.44. The maximum absolute atomic E-state index is 12.6. The summed E-state index contributed by atoms with van der Waals surface area (Å²) in [4.78, 5) is 10.1. The molecule has 0 radical (unpaired) electrons. The number of nitro groups is 1. The third-order valence-electron chi connectivity index (χ3n) is 3.32. The summed E-state index contributed by atoms with van der Waals surface area (Å²) in [5, 5.41) is 30.7. The lowest BCUT2D eigenvalue weighted by molar-refractivity contribution is -0.385. The molecule has 0 amide bonds. The zero-order chi connectivity index (χ0) is 20.0. The van der Waals surface area contributed by atoms with Crippen molar-refractivity contribution in [3.05, 3.63) is 64.2 Å². The first-order valence-electron chi connectivity index (χ1n) is 7.37. The smallest absolute Gasteiger partial charge is 0.272 e. The summed E-state index contributed by atoms with van der Waals surface area (Å²) in [6.45, 7) is 0. The molecule has 2 aromatic carbocycles. The van der Waals surface area contributed by atoms with E-state index in [1.807, 2.05) is 0 Å². The molecule has 0 unspecified atom stereocenters. The van der Waals surface area contributed by atoms with Crippen molar-refractivity contribution in [3.8, 4) is 6.07 Å². The first-order chi connectivity index (χ1) is 12.7. The summed E-state index contributed by atoms with van der Waals surface area (Å²) in [6, 6.07) is 13.1. The van der Waals surface area contributed by atoms with E-state index >= 15 is 0 Å². The number of anilines is 1. The third-order valence-corrected chi connectivity index (χ3v) is 4.99. The molecule has 0 heterocycles. The lowest BCUT2D eigenvalue weighted by Crippen LogP contribution is -2.21. The molecule has 27 heavy (non-hydrogen) atoms. The molecule has 0 aliphatic heterocycles. The number of nitriles is 1. The van der Waals surface area contributed by atoms with Gasteiger partial charge in [0, 0.05) is 12.1 Å². The number of benzene rings is 2. The number of sulfone groups is 1. The molecule has 10 nitrogen and oxygen atoms in total. The van der Waals surface area contributed by atoms with E-state index in [0.717, 1.165) is 18.2 Å². The van der Waals surface area contributed by atoms with Crippen molar-refractivity contribution in [2.24, 2.45) is 10.8 Å². The highest BCUT2D eigenvalue weighted by Crippen LogP contribution is 2.26. The SMILES string of the molecule is N#C/C(=N\Nc1cc([N+](=O)[O-])cc(S(=O)(=O)Cc2ccccc2)c1)C(=N)N. The van der Waals surface area contributed by atoms with Crippen molar-refractivity contribution in [1.29, 1.82) is 10.7 Å². The van der Waals surface area contributed by atoms with Crippen molar-refractivity contribution in [2.75, 3.05) is 5.43 Å². The maximum Gasteiger partial charge on any atom is 0.272 e. The van der Waals surface area contributed by atoms with Crippen molar-refractivity contribution < 1.29 is 13.3 Å². The number of hydrogen-bond acceptors (Lipinski definition) is 8. The second-order valence-corrected chi connectivity index (χ2v) is 7.30. The summed E-state index contributed by atoms with van der Waals surface area (Å²) in [6.07, 6.45) is 0. The lowest BCUT2D eigenvalue weighted by Gasteiger charge is -2.08. The molecule has 4 N–H and O–H groups in total. The van der Waals surface area contributed by atoms with Gasteiger partial charge in [0.1, 0.15) is 6.07 Å². The van der Waals surface area contributed by atoms with E-state index in [9.17, 15) is 18.5 Å². The number of nitro benzene ring substituents is 1. The fraction of sp³-hybridized carbons (Fsp3) is 0.0625. The van der Waals surface area contributed by atoms with E-state index in [1.54, 1.807) is 36.4 Å². The second-order valence-electron chi connectivity index (χ2n) is 5.32. The van der Waals surface area contributed by atoms with Gasteiger partial charge in [0.05, 0.1) is 21.3 Å². The Labute approximate surface area is 154 Å². The molecule has 0 aliphatic rings. The molecule has 0 aromatic heterocycles. The van der Waals surface area contributed by atoms with Crippen molar-refractivity contribution in [3.63, 3.8) is 0 Å². The van der Waals surface area contributed by atoms with Crippen LogP contribution in [0.1, 0.15) is 5.56 Å². The van der Waals surface area contributed by atoms with Crippen molar-refractivity contribution in [1.82, 2.24) is 0 Å². The Kier molecular flexibility index (Phi) is 5.84. The Morgan fingerprint density at radius 3 is 2.52 bits per heavy atom. The average Bonchev–Trinajstić information content (AvgIpc) is 2.62. The largest absolute Gasteiger partial charge is 0.382 e. The van der Waals surface area contributed by atoms with Crippen LogP contribution in [-0.2, 0) is 15.6 Å². The van der Waals surface area contributed by atoms with Crippen LogP contribution in [0.2, 0.25) is 0 Å². The fourth-order valence-corrected chi connectivity index (χ4v) is 3.48. The van der Waals surface area contributed by atoms with E-state index in [-0.39, 0.29) is 16.3 Å². The monoisotopic (exact) mass is 386 g/mol. The number of nitrogens with one attached hydrogen (secondary N) is 2. The van der Waals surface area contributed by atoms with Crippen LogP contribution >= 0.6 is 0 Å². The van der Waals surface area contributed by atoms with E-state index in [0.29, 0.717) is 5.56 Å². The summed E-state index contributed by atoms with van der Waals surface area (Å²) in [5.74, 6) is -0.943. The zero-order valence-electron chi connectivity index (χ0n) is 13.8. The molecule has 0 saturated heterocycles. The predicted octanol–water partition coefficient (Wildman–Crippen LogP) is 1.80. The van der Waals surface area contributed by atoms with Gasteiger partial charge in [-0.1, -0.05) is 30.3 Å². The Morgan fingerprint density at radius 2 is 1.96 bits per heavy atom. The number of non-ortho nitro benzene ring substituents is 1. The van der Waals surface area contributed by atoms with Crippen LogP contribution < -0.4 is 11.2 Å². The fourth-order valence-electron chi connectivity index (χ4n) is 2.08. The minimum atomic E-state index is -3.88. The number of hydrazone groups is 1. The standard InChI is InChI=1S/C16H14N6O4S/c17-9-15(16(18)19)21-20-12-6-13(22(23)24)8-14(7-12)27(25,26)10-11-4-2-1-3-5-11/h1-8,20H,10H2,(H3,18,19)/b21-15+. The molecule has 0 atom stereocenters. The summed E-state index contributed by atoms with van der Waals surface area (Å²) < 4.78 is 25.3. The second kappa shape index (κ2) is 8.07. The number of amidine groups is 1. The molecule has 2 aromatic rings. The topological polar surface area (TPSA) is 175 Å². The Morgan fingerprint density at radius 1 is 1.30 bits per heavy atom. The van der Waals surface area contributed by atoms with Crippen LogP contribution in [0.3, 0.4) is 0 Å². The number of nitrogens with two attached hydrogens (primary N) is 1. The first kappa shape index (κ1) is 19.5. The molecule has 138 valence electrons. The minimum Gasteiger partial charge on any atom is -0.382 e. The molecule has 0 spiro atoms. The van der Waals surface area contributed by atoms with Gasteiger partial charge in [-0.05, 0) is 11.6 Å². The van der Waals surface area contributed by atoms with Gasteiger partial charge in [-0.25, -0.2) is 8.42 Å². The molecule has 11 heteroatoms. The first-order valence-corrected chi connectivity index (χ1v) is 9.02. The van der Waals surface area contributed by atoms with Gasteiger partial charge in [-0.2, -0.15) is 10.4 Å². The molecule has 0 fully saturated rings. The van der Waals surface area contributed by atoms with Crippen LogP contribution in [0.25, 0.3) is 0 Å². The summed E-state index contributed by atoms with van der Waals surface area (Å²) in [7, 11) is -3.88. The predicted molar refractivity (Wildman–Crippen MR) is 99.0 cm³/mol.